The molecule has 3 unspecified atom stereocenters. The molecule has 3 atom stereocenters. The Kier molecular flexibility index (Phi) is 36.2. The van der Waals surface area contributed by atoms with Crippen molar-refractivity contribution in [2.75, 3.05) is 19.8 Å². The summed E-state index contributed by atoms with van der Waals surface area (Å²) in [7, 11) is -4.77. The van der Waals surface area contributed by atoms with Gasteiger partial charge in [-0.3, -0.25) is 18.6 Å². The Labute approximate surface area is 337 Å². The van der Waals surface area contributed by atoms with E-state index in [9.17, 15) is 34.1 Å². The molecule has 0 aliphatic rings. The number of allylic oxidation sites excluding steroid dienone is 14. The van der Waals surface area contributed by atoms with Crippen LogP contribution in [-0.2, 0) is 32.7 Å². The molecule has 56 heavy (non-hydrogen) atoms. The van der Waals surface area contributed by atoms with Crippen LogP contribution in [0.3, 0.4) is 0 Å². The Morgan fingerprint density at radius 1 is 0.589 bits per heavy atom. The van der Waals surface area contributed by atoms with Gasteiger partial charge in [0.1, 0.15) is 12.7 Å². The van der Waals surface area contributed by atoms with Crippen molar-refractivity contribution in [2.24, 2.45) is 0 Å². The maximum Gasteiger partial charge on any atom is 0.472 e. The summed E-state index contributed by atoms with van der Waals surface area (Å²) >= 11 is 0. The SMILES string of the molecule is CC/C=C\C/C=C\C/C=C\C/C=C\C/C=C\C/C=C\CCCCC(=O)NC(COP(=O)(O)OCC(O)COC(=O)CCCCCCC/C=C\CCCC)C(=O)O. The van der Waals surface area contributed by atoms with Crippen LogP contribution in [0.15, 0.2) is 85.1 Å². The van der Waals surface area contributed by atoms with Crippen LogP contribution in [-0.4, -0.2) is 64.9 Å². The lowest BCUT2D eigenvalue weighted by Gasteiger charge is -2.18. The Hall–Kier alpha value is -3.34. The maximum absolute atomic E-state index is 12.3. The number of carbonyl (C=O) groups is 3. The molecule has 0 bridgehead atoms. The van der Waals surface area contributed by atoms with Gasteiger partial charge in [-0.05, 0) is 83.5 Å². The second kappa shape index (κ2) is 38.5. The van der Waals surface area contributed by atoms with Gasteiger partial charge in [-0.25, -0.2) is 9.36 Å². The highest BCUT2D eigenvalue weighted by atomic mass is 31.2. The van der Waals surface area contributed by atoms with Crippen LogP contribution in [0.5, 0.6) is 0 Å². The molecule has 0 saturated heterocycles. The number of hydrogen-bond donors (Lipinski definition) is 4. The predicted molar refractivity (Wildman–Crippen MR) is 226 cm³/mol. The van der Waals surface area contributed by atoms with Crippen molar-refractivity contribution in [3.63, 3.8) is 0 Å². The average molecular weight is 806 g/mol. The standard InChI is InChI=1S/C44H72NO10P/c1-3-5-7-9-11-13-15-16-17-18-19-20-21-22-23-24-26-27-29-31-33-35-42(47)45-41(44(49)50)39-55-56(51,52)54-38-40(46)37-53-43(48)36-34-32-30-28-25-14-12-10-8-6-4-2/h5,7,10-13,16-17,19-20,22-23,26-27,40-41,46H,3-4,6,8-9,14-15,18,21,24-25,28-39H2,1-2H3,(H,45,47)(H,49,50)(H,51,52)/b7-5-,12-10-,13-11-,17-16-,20-19-,23-22-,27-26-. The number of carboxylic acid groups (broad SMARTS) is 1. The first-order valence-electron chi connectivity index (χ1n) is 20.6. The molecular formula is C44H72NO10P. The third-order valence-corrected chi connectivity index (χ3v) is 9.12. The number of amides is 1. The summed E-state index contributed by atoms with van der Waals surface area (Å²) in [5, 5.41) is 21.7. The number of ether oxygens (including phenoxy) is 1. The monoisotopic (exact) mass is 805 g/mol. The Balaban J connectivity index is 4.05. The number of phosphoric ester groups is 1. The van der Waals surface area contributed by atoms with E-state index < -0.39 is 57.6 Å². The number of phosphoric acid groups is 1. The number of hydrogen-bond acceptors (Lipinski definition) is 8. The number of esters is 1. The first-order chi connectivity index (χ1) is 27.1. The Morgan fingerprint density at radius 2 is 1.04 bits per heavy atom. The zero-order valence-corrected chi connectivity index (χ0v) is 35.0. The number of carbonyl (C=O) groups excluding carboxylic acids is 2. The molecule has 0 radical (unpaired) electrons. The summed E-state index contributed by atoms with van der Waals surface area (Å²) < 4.78 is 26.7. The van der Waals surface area contributed by atoms with Crippen molar-refractivity contribution in [3.05, 3.63) is 85.1 Å². The van der Waals surface area contributed by atoms with Gasteiger partial charge < -0.3 is 25.2 Å². The largest absolute Gasteiger partial charge is 0.480 e. The Bertz CT molecular complexity index is 1270. The fourth-order valence-electron chi connectivity index (χ4n) is 4.94. The summed E-state index contributed by atoms with van der Waals surface area (Å²) in [5.74, 6) is -2.46. The lowest BCUT2D eigenvalue weighted by Crippen LogP contribution is -2.43. The van der Waals surface area contributed by atoms with Crippen LogP contribution in [0, 0.1) is 0 Å². The third-order valence-electron chi connectivity index (χ3n) is 8.17. The van der Waals surface area contributed by atoms with Crippen molar-refractivity contribution < 1.29 is 47.8 Å². The molecule has 0 aromatic rings. The van der Waals surface area contributed by atoms with E-state index >= 15 is 0 Å². The average Bonchev–Trinajstić information content (AvgIpc) is 3.17. The molecule has 0 heterocycles. The van der Waals surface area contributed by atoms with E-state index in [0.717, 1.165) is 89.9 Å². The normalized spacial score (nSPS) is 14.6. The molecule has 12 heteroatoms. The highest BCUT2D eigenvalue weighted by Gasteiger charge is 2.28. The second-order valence-electron chi connectivity index (χ2n) is 13.4. The smallest absolute Gasteiger partial charge is 0.472 e. The van der Waals surface area contributed by atoms with E-state index in [4.69, 9.17) is 13.8 Å². The molecule has 0 saturated carbocycles. The van der Waals surface area contributed by atoms with Crippen LogP contribution < -0.4 is 5.32 Å². The number of carboxylic acids is 1. The van der Waals surface area contributed by atoms with E-state index in [1.807, 2.05) is 6.08 Å². The number of nitrogens with one attached hydrogen (secondary N) is 1. The number of aliphatic carboxylic acids is 1. The number of rotatable bonds is 37. The highest BCUT2D eigenvalue weighted by molar-refractivity contribution is 7.47. The second-order valence-corrected chi connectivity index (χ2v) is 14.9. The van der Waals surface area contributed by atoms with E-state index in [2.05, 4.69) is 98.2 Å². The minimum Gasteiger partial charge on any atom is -0.480 e. The molecule has 0 aromatic carbocycles. The topological polar surface area (TPSA) is 169 Å². The van der Waals surface area contributed by atoms with Crippen LogP contribution in [0.1, 0.15) is 142 Å². The molecule has 0 spiro atoms. The molecular weight excluding hydrogens is 733 g/mol. The van der Waals surface area contributed by atoms with Crippen molar-refractivity contribution >= 4 is 25.7 Å². The van der Waals surface area contributed by atoms with Gasteiger partial charge >= 0.3 is 19.8 Å². The minimum absolute atomic E-state index is 0.0850. The van der Waals surface area contributed by atoms with Gasteiger partial charge in [0.15, 0.2) is 6.04 Å². The minimum atomic E-state index is -4.77. The number of aliphatic hydroxyl groups is 1. The van der Waals surface area contributed by atoms with Gasteiger partial charge in [-0.15, -0.1) is 0 Å². The fraction of sp³-hybridized carbons (Fsp3) is 0.614. The fourth-order valence-corrected chi connectivity index (χ4v) is 5.72. The van der Waals surface area contributed by atoms with Gasteiger partial charge in [0.05, 0.1) is 13.2 Å². The van der Waals surface area contributed by atoms with E-state index in [0.29, 0.717) is 12.8 Å². The molecule has 0 fully saturated rings. The predicted octanol–water partition coefficient (Wildman–Crippen LogP) is 10.3. The first-order valence-corrected chi connectivity index (χ1v) is 22.1. The van der Waals surface area contributed by atoms with Crippen LogP contribution in [0.2, 0.25) is 0 Å². The first kappa shape index (κ1) is 52.7. The summed E-state index contributed by atoms with van der Waals surface area (Å²) in [6.07, 6.45) is 46.2. The molecule has 11 nitrogen and oxygen atoms in total. The van der Waals surface area contributed by atoms with Gasteiger partial charge in [0.25, 0.3) is 0 Å². The molecule has 1 amide bonds. The molecule has 0 aromatic heterocycles. The van der Waals surface area contributed by atoms with Gasteiger partial charge in [-0.1, -0.05) is 131 Å². The van der Waals surface area contributed by atoms with Crippen molar-refractivity contribution in [1.82, 2.24) is 5.32 Å². The molecule has 0 aliphatic carbocycles. The summed E-state index contributed by atoms with van der Waals surface area (Å²) in [5.41, 5.74) is 0. The zero-order chi connectivity index (χ0) is 41.4. The third kappa shape index (κ3) is 37.6. The van der Waals surface area contributed by atoms with E-state index in [1.165, 1.54) is 12.8 Å². The van der Waals surface area contributed by atoms with Crippen LogP contribution in [0.25, 0.3) is 0 Å². The van der Waals surface area contributed by atoms with E-state index in [1.54, 1.807) is 0 Å². The summed E-state index contributed by atoms with van der Waals surface area (Å²) in [6.45, 7) is 2.37. The summed E-state index contributed by atoms with van der Waals surface area (Å²) in [6, 6.07) is -1.58. The zero-order valence-electron chi connectivity index (χ0n) is 34.1. The van der Waals surface area contributed by atoms with E-state index in [-0.39, 0.29) is 12.8 Å². The Morgan fingerprint density at radius 3 is 1.59 bits per heavy atom. The lowest BCUT2D eigenvalue weighted by molar-refractivity contribution is -0.147. The van der Waals surface area contributed by atoms with Gasteiger partial charge in [0.2, 0.25) is 5.91 Å². The summed E-state index contributed by atoms with van der Waals surface area (Å²) in [4.78, 5) is 45.8. The molecule has 318 valence electrons. The quantitative estimate of drug-likeness (QED) is 0.0205. The van der Waals surface area contributed by atoms with Crippen molar-refractivity contribution in [2.45, 2.75) is 154 Å². The maximum atomic E-state index is 12.3. The van der Waals surface area contributed by atoms with Crippen LogP contribution in [0.4, 0.5) is 0 Å². The van der Waals surface area contributed by atoms with Crippen molar-refractivity contribution in [3.8, 4) is 0 Å². The van der Waals surface area contributed by atoms with Gasteiger partial charge in [-0.2, -0.15) is 0 Å². The highest BCUT2D eigenvalue weighted by Crippen LogP contribution is 2.43. The van der Waals surface area contributed by atoms with Crippen LogP contribution >= 0.6 is 7.82 Å². The lowest BCUT2D eigenvalue weighted by atomic mass is 10.1. The molecule has 0 aliphatic heterocycles. The van der Waals surface area contributed by atoms with Crippen molar-refractivity contribution in [1.29, 1.82) is 0 Å². The molecule has 4 N–H and O–H groups in total. The number of unbranched alkanes of at least 4 members (excludes halogenated alkanes) is 9. The molecule has 0 rings (SSSR count). The van der Waals surface area contributed by atoms with Gasteiger partial charge in [0, 0.05) is 12.8 Å². The number of aliphatic hydroxyl groups excluding tert-OH is 1.